The zero-order valence-corrected chi connectivity index (χ0v) is 18.8. The summed E-state index contributed by atoms with van der Waals surface area (Å²) in [7, 11) is 4.90. The molecule has 0 aliphatic carbocycles. The third-order valence-electron chi connectivity index (χ3n) is 4.76. The van der Waals surface area contributed by atoms with Crippen LogP contribution in [-0.4, -0.2) is 50.0 Å². The summed E-state index contributed by atoms with van der Waals surface area (Å²) in [6, 6.07) is 5.42. The molecule has 4 rings (SSSR count). The first kappa shape index (κ1) is 21.7. The second-order valence-corrected chi connectivity index (χ2v) is 7.11. The second-order valence-electron chi connectivity index (χ2n) is 7.11. The molecule has 170 valence electrons. The Morgan fingerprint density at radius 1 is 1.15 bits per heavy atom. The Kier molecular flexibility index (Phi) is 5.89. The van der Waals surface area contributed by atoms with Crippen LogP contribution in [0.5, 0.6) is 5.75 Å². The van der Waals surface area contributed by atoms with Gasteiger partial charge in [-0.1, -0.05) is 11.2 Å². The smallest absolute Gasteiger partial charge is 0.256 e. The number of amides is 1. The lowest BCUT2D eigenvalue weighted by Gasteiger charge is -2.15. The van der Waals surface area contributed by atoms with E-state index in [2.05, 4.69) is 41.2 Å². The van der Waals surface area contributed by atoms with Crippen molar-refractivity contribution in [1.82, 2.24) is 35.2 Å². The molecule has 1 aromatic carbocycles. The van der Waals surface area contributed by atoms with Gasteiger partial charge in [0.05, 0.1) is 29.7 Å². The molecule has 4 aromatic rings. The van der Waals surface area contributed by atoms with E-state index in [0.29, 0.717) is 34.7 Å². The topological polar surface area (TPSA) is 145 Å². The number of para-hydroxylation sites is 1. The van der Waals surface area contributed by atoms with Crippen molar-refractivity contribution in [3.8, 4) is 17.1 Å². The molecule has 0 saturated heterocycles. The third kappa shape index (κ3) is 4.44. The van der Waals surface area contributed by atoms with Gasteiger partial charge in [0.15, 0.2) is 5.75 Å². The predicted octanol–water partition coefficient (Wildman–Crippen LogP) is 2.73. The largest absolute Gasteiger partial charge is 0.494 e. The molecular weight excluding hydrogens is 426 g/mol. The zero-order chi connectivity index (χ0) is 23.5. The zero-order valence-electron chi connectivity index (χ0n) is 18.8. The Labute approximate surface area is 189 Å². The number of methoxy groups -OCH3 is 1. The molecule has 0 spiro atoms. The van der Waals surface area contributed by atoms with Gasteiger partial charge in [-0.2, -0.15) is 15.1 Å². The summed E-state index contributed by atoms with van der Waals surface area (Å²) in [6.07, 6.45) is 3.26. The second kappa shape index (κ2) is 8.94. The predicted molar refractivity (Wildman–Crippen MR) is 121 cm³/mol. The van der Waals surface area contributed by atoms with Crippen molar-refractivity contribution in [1.29, 1.82) is 0 Å². The van der Waals surface area contributed by atoms with Crippen molar-refractivity contribution in [2.45, 2.75) is 13.8 Å². The van der Waals surface area contributed by atoms with Crippen molar-refractivity contribution in [3.05, 3.63) is 47.7 Å². The number of nitrogens with one attached hydrogen (secondary N) is 3. The van der Waals surface area contributed by atoms with Gasteiger partial charge in [0.2, 0.25) is 17.7 Å². The monoisotopic (exact) mass is 449 g/mol. The first-order chi connectivity index (χ1) is 15.9. The standard InChI is InChI=1S/C21H23N9O3/c1-11-16(10-30(4)28-11)26-21-23-9-14(20(31)22-3)18(27-21)25-15-8-6-7-13(17(15)32-5)19-24-12(2)33-29-19/h6-10H,1-5H3,(H,22,31)(H2,23,25,26,27). The maximum atomic E-state index is 12.5. The van der Waals surface area contributed by atoms with Gasteiger partial charge in [0.1, 0.15) is 11.4 Å². The minimum absolute atomic E-state index is 0.258. The van der Waals surface area contributed by atoms with Crippen molar-refractivity contribution in [2.24, 2.45) is 7.05 Å². The SMILES string of the molecule is CNC(=O)c1cnc(Nc2cn(C)nc2C)nc1Nc1cccc(-c2noc(C)n2)c1OC. The Hall–Kier alpha value is -4.48. The first-order valence-corrected chi connectivity index (χ1v) is 10.0. The molecule has 0 aliphatic rings. The summed E-state index contributed by atoms with van der Waals surface area (Å²) < 4.78 is 12.4. The van der Waals surface area contributed by atoms with E-state index in [1.165, 1.54) is 20.4 Å². The van der Waals surface area contributed by atoms with Gasteiger partial charge >= 0.3 is 0 Å². The van der Waals surface area contributed by atoms with Crippen LogP contribution in [0.3, 0.4) is 0 Å². The van der Waals surface area contributed by atoms with Crippen LogP contribution in [0.15, 0.2) is 35.1 Å². The maximum Gasteiger partial charge on any atom is 0.256 e. The van der Waals surface area contributed by atoms with Gasteiger partial charge in [0, 0.05) is 33.4 Å². The molecule has 3 aromatic heterocycles. The normalized spacial score (nSPS) is 10.7. The molecule has 0 saturated carbocycles. The number of hydrogen-bond donors (Lipinski definition) is 3. The molecule has 0 unspecified atom stereocenters. The van der Waals surface area contributed by atoms with Crippen LogP contribution in [0, 0.1) is 13.8 Å². The number of carbonyl (C=O) groups is 1. The number of aryl methyl sites for hydroxylation is 3. The first-order valence-electron chi connectivity index (χ1n) is 10.0. The van der Waals surface area contributed by atoms with E-state index in [4.69, 9.17) is 9.26 Å². The number of hydrogen-bond acceptors (Lipinski definition) is 10. The van der Waals surface area contributed by atoms with Gasteiger partial charge in [-0.3, -0.25) is 9.48 Å². The fourth-order valence-electron chi connectivity index (χ4n) is 3.25. The fraction of sp³-hybridized carbons (Fsp3) is 0.238. The van der Waals surface area contributed by atoms with E-state index in [9.17, 15) is 4.79 Å². The molecule has 0 bridgehead atoms. The molecule has 12 heteroatoms. The molecule has 0 atom stereocenters. The highest BCUT2D eigenvalue weighted by atomic mass is 16.5. The van der Waals surface area contributed by atoms with E-state index in [1.807, 2.05) is 32.3 Å². The lowest BCUT2D eigenvalue weighted by molar-refractivity contribution is 0.0963. The van der Waals surface area contributed by atoms with E-state index < -0.39 is 0 Å². The van der Waals surface area contributed by atoms with Crippen LogP contribution >= 0.6 is 0 Å². The van der Waals surface area contributed by atoms with Crippen LogP contribution in [-0.2, 0) is 7.05 Å². The van der Waals surface area contributed by atoms with E-state index in [0.717, 1.165) is 11.4 Å². The summed E-state index contributed by atoms with van der Waals surface area (Å²) in [6.45, 7) is 3.58. The third-order valence-corrected chi connectivity index (χ3v) is 4.76. The Morgan fingerprint density at radius 2 is 1.97 bits per heavy atom. The molecule has 33 heavy (non-hydrogen) atoms. The minimum atomic E-state index is -0.342. The van der Waals surface area contributed by atoms with Crippen LogP contribution in [0.25, 0.3) is 11.4 Å². The number of carbonyl (C=O) groups excluding carboxylic acids is 1. The van der Waals surface area contributed by atoms with Gasteiger partial charge in [-0.25, -0.2) is 4.98 Å². The molecule has 3 N–H and O–H groups in total. The number of aromatic nitrogens is 6. The number of anilines is 4. The summed E-state index contributed by atoms with van der Waals surface area (Å²) in [5.41, 5.74) is 2.98. The fourth-order valence-corrected chi connectivity index (χ4v) is 3.25. The lowest BCUT2D eigenvalue weighted by Crippen LogP contribution is -2.20. The van der Waals surface area contributed by atoms with Crippen LogP contribution in [0.4, 0.5) is 23.1 Å². The molecule has 12 nitrogen and oxygen atoms in total. The maximum absolute atomic E-state index is 12.5. The van der Waals surface area contributed by atoms with Crippen LogP contribution in [0.2, 0.25) is 0 Å². The lowest BCUT2D eigenvalue weighted by atomic mass is 10.1. The van der Waals surface area contributed by atoms with Crippen molar-refractivity contribution >= 4 is 29.0 Å². The average molecular weight is 449 g/mol. The van der Waals surface area contributed by atoms with E-state index in [1.54, 1.807) is 17.7 Å². The van der Waals surface area contributed by atoms with Crippen molar-refractivity contribution < 1.29 is 14.1 Å². The van der Waals surface area contributed by atoms with Gasteiger partial charge in [0.25, 0.3) is 5.91 Å². The van der Waals surface area contributed by atoms with Gasteiger partial charge in [-0.05, 0) is 19.1 Å². The number of benzene rings is 1. The number of ether oxygens (including phenoxy) is 1. The highest BCUT2D eigenvalue weighted by Gasteiger charge is 2.19. The Morgan fingerprint density at radius 3 is 2.61 bits per heavy atom. The number of rotatable bonds is 7. The van der Waals surface area contributed by atoms with E-state index in [-0.39, 0.29) is 17.3 Å². The Bertz CT molecular complexity index is 1310. The van der Waals surface area contributed by atoms with Crippen molar-refractivity contribution in [3.63, 3.8) is 0 Å². The minimum Gasteiger partial charge on any atom is -0.494 e. The molecule has 0 aliphatic heterocycles. The average Bonchev–Trinajstić information content (AvgIpc) is 3.37. The quantitative estimate of drug-likeness (QED) is 0.385. The molecular formula is C21H23N9O3. The molecule has 3 heterocycles. The summed E-state index contributed by atoms with van der Waals surface area (Å²) in [4.78, 5) is 25.6. The molecule has 0 radical (unpaired) electrons. The van der Waals surface area contributed by atoms with E-state index >= 15 is 0 Å². The molecule has 0 fully saturated rings. The Balaban J connectivity index is 1.74. The summed E-state index contributed by atoms with van der Waals surface area (Å²) >= 11 is 0. The summed E-state index contributed by atoms with van der Waals surface area (Å²) in [5, 5.41) is 17.2. The highest BCUT2D eigenvalue weighted by Crippen LogP contribution is 2.37. The van der Waals surface area contributed by atoms with Crippen LogP contribution < -0.4 is 20.7 Å². The summed E-state index contributed by atoms with van der Waals surface area (Å²) in [5.74, 6) is 1.53. The van der Waals surface area contributed by atoms with Gasteiger partial charge in [-0.15, -0.1) is 0 Å². The van der Waals surface area contributed by atoms with Crippen molar-refractivity contribution in [2.75, 3.05) is 24.8 Å². The van der Waals surface area contributed by atoms with Crippen LogP contribution in [0.1, 0.15) is 21.9 Å². The number of nitrogens with zero attached hydrogens (tertiary/aromatic N) is 6. The highest BCUT2D eigenvalue weighted by molar-refractivity contribution is 5.99. The van der Waals surface area contributed by atoms with Gasteiger partial charge < -0.3 is 25.2 Å². The molecule has 1 amide bonds.